The van der Waals surface area contributed by atoms with Crippen molar-refractivity contribution < 1.29 is 33.6 Å². The SMILES string of the molecule is CCOC(OCC)C1C(=O)c2cc(OC)ccc2OC12CCN(C(=O)O)CC2. The monoisotopic (exact) mass is 393 g/mol. The molecule has 1 saturated heterocycles. The number of hydrogen-bond acceptors (Lipinski definition) is 6. The van der Waals surface area contributed by atoms with E-state index in [0.29, 0.717) is 43.1 Å². The van der Waals surface area contributed by atoms with Gasteiger partial charge in [0, 0.05) is 39.1 Å². The molecule has 1 amide bonds. The number of ketones is 1. The Bertz CT molecular complexity index is 721. The van der Waals surface area contributed by atoms with Gasteiger partial charge in [-0.3, -0.25) is 4.79 Å². The average molecular weight is 393 g/mol. The largest absolute Gasteiger partial charge is 0.497 e. The average Bonchev–Trinajstić information content (AvgIpc) is 2.68. The van der Waals surface area contributed by atoms with E-state index >= 15 is 0 Å². The quantitative estimate of drug-likeness (QED) is 0.743. The van der Waals surface area contributed by atoms with E-state index in [9.17, 15) is 14.7 Å². The number of likely N-dealkylation sites (tertiary alicyclic amines) is 1. The highest BCUT2D eigenvalue weighted by atomic mass is 16.7. The Morgan fingerprint density at radius 2 is 1.93 bits per heavy atom. The summed E-state index contributed by atoms with van der Waals surface area (Å²) >= 11 is 0. The van der Waals surface area contributed by atoms with E-state index in [4.69, 9.17) is 18.9 Å². The molecule has 1 unspecified atom stereocenters. The molecule has 0 aliphatic carbocycles. The minimum absolute atomic E-state index is 0.129. The van der Waals surface area contributed by atoms with Gasteiger partial charge in [0.15, 0.2) is 12.1 Å². The molecule has 1 atom stereocenters. The summed E-state index contributed by atoms with van der Waals surface area (Å²) in [6, 6.07) is 5.14. The van der Waals surface area contributed by atoms with Crippen LogP contribution in [-0.2, 0) is 9.47 Å². The maximum Gasteiger partial charge on any atom is 0.407 e. The Morgan fingerprint density at radius 1 is 1.29 bits per heavy atom. The lowest BCUT2D eigenvalue weighted by molar-refractivity contribution is -0.198. The Kier molecular flexibility index (Phi) is 6.10. The minimum atomic E-state index is -0.968. The molecular weight excluding hydrogens is 366 g/mol. The number of amides is 1. The third kappa shape index (κ3) is 3.66. The summed E-state index contributed by atoms with van der Waals surface area (Å²) in [6.07, 6.45) is -0.960. The van der Waals surface area contributed by atoms with Crippen LogP contribution < -0.4 is 9.47 Å². The van der Waals surface area contributed by atoms with E-state index < -0.39 is 23.9 Å². The topological polar surface area (TPSA) is 94.5 Å². The normalized spacial score (nSPS) is 20.8. The molecular formula is C20H27NO7. The predicted octanol–water partition coefficient (Wildman–Crippen LogP) is 2.80. The molecule has 1 N–H and O–H groups in total. The van der Waals surface area contributed by atoms with E-state index in [2.05, 4.69) is 0 Å². The molecule has 0 aromatic heterocycles. The first-order chi connectivity index (χ1) is 13.5. The lowest BCUT2D eigenvalue weighted by atomic mass is 9.73. The Morgan fingerprint density at radius 3 is 2.46 bits per heavy atom. The number of ether oxygens (including phenoxy) is 4. The maximum absolute atomic E-state index is 13.5. The van der Waals surface area contributed by atoms with Gasteiger partial charge in [0.1, 0.15) is 23.0 Å². The number of Topliss-reactive ketones (excluding diaryl/α,β-unsaturated/α-hetero) is 1. The fraction of sp³-hybridized carbons (Fsp3) is 0.600. The molecule has 2 aliphatic heterocycles. The second-order valence-electron chi connectivity index (χ2n) is 6.92. The van der Waals surface area contributed by atoms with Crippen molar-refractivity contribution in [1.82, 2.24) is 4.90 Å². The van der Waals surface area contributed by atoms with Gasteiger partial charge in [-0.05, 0) is 32.0 Å². The van der Waals surface area contributed by atoms with E-state index in [-0.39, 0.29) is 18.9 Å². The van der Waals surface area contributed by atoms with Crippen molar-refractivity contribution in [1.29, 1.82) is 0 Å². The Labute approximate surface area is 164 Å². The van der Waals surface area contributed by atoms with Crippen LogP contribution in [0.25, 0.3) is 0 Å². The molecule has 3 rings (SSSR count). The summed E-state index contributed by atoms with van der Waals surface area (Å²) in [7, 11) is 1.54. The summed E-state index contributed by atoms with van der Waals surface area (Å²) in [4.78, 5) is 26.2. The second-order valence-corrected chi connectivity index (χ2v) is 6.92. The van der Waals surface area contributed by atoms with Gasteiger partial charge < -0.3 is 29.0 Å². The van der Waals surface area contributed by atoms with Gasteiger partial charge in [-0.2, -0.15) is 0 Å². The molecule has 0 saturated carbocycles. The number of carbonyl (C=O) groups is 2. The first-order valence-electron chi connectivity index (χ1n) is 9.58. The summed E-state index contributed by atoms with van der Waals surface area (Å²) in [5.74, 6) is 0.229. The molecule has 2 aliphatic rings. The fourth-order valence-corrected chi connectivity index (χ4v) is 4.04. The highest BCUT2D eigenvalue weighted by molar-refractivity contribution is 6.02. The predicted molar refractivity (Wildman–Crippen MR) is 100 cm³/mol. The van der Waals surface area contributed by atoms with Crippen LogP contribution in [0.5, 0.6) is 11.5 Å². The Balaban J connectivity index is 2.02. The molecule has 1 spiro atoms. The van der Waals surface area contributed by atoms with E-state index in [1.54, 1.807) is 25.3 Å². The number of rotatable bonds is 6. The molecule has 0 radical (unpaired) electrons. The Hall–Kier alpha value is -2.32. The number of carboxylic acid groups (broad SMARTS) is 1. The van der Waals surface area contributed by atoms with Gasteiger partial charge in [-0.1, -0.05) is 0 Å². The molecule has 0 bridgehead atoms. The van der Waals surface area contributed by atoms with Crippen molar-refractivity contribution in [2.75, 3.05) is 33.4 Å². The van der Waals surface area contributed by atoms with Crippen LogP contribution in [-0.4, -0.2) is 67.2 Å². The molecule has 1 fully saturated rings. The maximum atomic E-state index is 13.5. The fourth-order valence-electron chi connectivity index (χ4n) is 4.04. The summed E-state index contributed by atoms with van der Waals surface area (Å²) in [6.45, 7) is 5.03. The van der Waals surface area contributed by atoms with Gasteiger partial charge in [-0.15, -0.1) is 0 Å². The zero-order valence-electron chi connectivity index (χ0n) is 16.5. The van der Waals surface area contributed by atoms with E-state index in [1.807, 2.05) is 13.8 Å². The number of methoxy groups -OCH3 is 1. The van der Waals surface area contributed by atoms with Crippen molar-refractivity contribution >= 4 is 11.9 Å². The van der Waals surface area contributed by atoms with Crippen LogP contribution >= 0.6 is 0 Å². The van der Waals surface area contributed by atoms with E-state index in [1.165, 1.54) is 4.90 Å². The molecule has 2 heterocycles. The van der Waals surface area contributed by atoms with Crippen LogP contribution in [0.1, 0.15) is 37.0 Å². The first kappa shape index (κ1) is 20.4. The minimum Gasteiger partial charge on any atom is -0.497 e. The number of piperidine rings is 1. The summed E-state index contributed by atoms with van der Waals surface area (Å²) < 4.78 is 23.2. The van der Waals surface area contributed by atoms with Gasteiger partial charge in [-0.25, -0.2) is 4.79 Å². The molecule has 154 valence electrons. The number of benzene rings is 1. The molecule has 8 heteroatoms. The lowest BCUT2D eigenvalue weighted by Crippen LogP contribution is -2.61. The van der Waals surface area contributed by atoms with Crippen LogP contribution in [0, 0.1) is 5.92 Å². The lowest BCUT2D eigenvalue weighted by Gasteiger charge is -2.49. The van der Waals surface area contributed by atoms with E-state index in [0.717, 1.165) is 0 Å². The standard InChI is InChI=1S/C20H27NO7/c1-4-26-18(27-5-2)16-17(22)14-12-13(25-3)6-7-15(14)28-20(16)8-10-21(11-9-20)19(23)24/h6-7,12,16,18H,4-5,8-11H2,1-3H3,(H,23,24). The highest BCUT2D eigenvalue weighted by Crippen LogP contribution is 2.46. The molecule has 1 aromatic rings. The van der Waals surface area contributed by atoms with Crippen molar-refractivity contribution in [3.8, 4) is 11.5 Å². The second kappa shape index (κ2) is 8.36. The van der Waals surface area contributed by atoms with Crippen LogP contribution in [0.2, 0.25) is 0 Å². The summed E-state index contributed by atoms with van der Waals surface area (Å²) in [5, 5.41) is 9.29. The van der Waals surface area contributed by atoms with Crippen LogP contribution in [0.15, 0.2) is 18.2 Å². The third-order valence-electron chi connectivity index (χ3n) is 5.43. The van der Waals surface area contributed by atoms with Crippen LogP contribution in [0.4, 0.5) is 4.79 Å². The van der Waals surface area contributed by atoms with Crippen molar-refractivity contribution in [2.45, 2.75) is 38.6 Å². The van der Waals surface area contributed by atoms with Crippen molar-refractivity contribution in [3.05, 3.63) is 23.8 Å². The third-order valence-corrected chi connectivity index (χ3v) is 5.43. The van der Waals surface area contributed by atoms with Gasteiger partial charge >= 0.3 is 6.09 Å². The number of hydrogen-bond donors (Lipinski definition) is 1. The van der Waals surface area contributed by atoms with Crippen molar-refractivity contribution in [2.24, 2.45) is 5.92 Å². The van der Waals surface area contributed by atoms with Gasteiger partial charge in [0.2, 0.25) is 0 Å². The number of fused-ring (bicyclic) bond motifs is 1. The zero-order valence-corrected chi connectivity index (χ0v) is 16.5. The van der Waals surface area contributed by atoms with Gasteiger partial charge in [0.05, 0.1) is 12.7 Å². The molecule has 1 aromatic carbocycles. The zero-order chi connectivity index (χ0) is 20.3. The first-order valence-corrected chi connectivity index (χ1v) is 9.58. The number of nitrogens with zero attached hydrogens (tertiary/aromatic N) is 1. The number of carbonyl (C=O) groups excluding carboxylic acids is 1. The molecule has 28 heavy (non-hydrogen) atoms. The summed E-state index contributed by atoms with van der Waals surface area (Å²) in [5.41, 5.74) is -0.445. The molecule has 8 nitrogen and oxygen atoms in total. The smallest absolute Gasteiger partial charge is 0.407 e. The van der Waals surface area contributed by atoms with Gasteiger partial charge in [0.25, 0.3) is 0 Å². The van der Waals surface area contributed by atoms with Crippen LogP contribution in [0.3, 0.4) is 0 Å². The van der Waals surface area contributed by atoms with Crippen molar-refractivity contribution in [3.63, 3.8) is 0 Å². The highest BCUT2D eigenvalue weighted by Gasteiger charge is 2.55.